The molecule has 16 heavy (non-hydrogen) atoms. The van der Waals surface area contributed by atoms with Crippen LogP contribution in [0.3, 0.4) is 0 Å². The number of carboxylic acid groups (broad SMARTS) is 1. The number of hydrogen-bond acceptors (Lipinski definition) is 3. The molecule has 0 fully saturated rings. The highest BCUT2D eigenvalue weighted by Gasteiger charge is 2.04. The second kappa shape index (κ2) is 6.07. The van der Waals surface area contributed by atoms with Crippen molar-refractivity contribution in [2.24, 2.45) is 0 Å². The van der Waals surface area contributed by atoms with Gasteiger partial charge >= 0.3 is 5.97 Å². The number of aromatic carboxylic acids is 1. The van der Waals surface area contributed by atoms with Crippen LogP contribution in [0.4, 0.5) is 0 Å². The van der Waals surface area contributed by atoms with Crippen LogP contribution >= 0.6 is 0 Å². The minimum atomic E-state index is -1.04. The zero-order valence-electron chi connectivity index (χ0n) is 8.93. The molecule has 0 unspecified atom stereocenters. The van der Waals surface area contributed by atoms with Crippen molar-refractivity contribution >= 4 is 5.97 Å². The van der Waals surface area contributed by atoms with E-state index in [1.165, 1.54) is 22.9 Å². The van der Waals surface area contributed by atoms with Crippen molar-refractivity contribution in [3.8, 4) is 0 Å². The first-order valence-corrected chi connectivity index (χ1v) is 5.20. The summed E-state index contributed by atoms with van der Waals surface area (Å²) in [7, 11) is 0. The lowest BCUT2D eigenvalue weighted by Gasteiger charge is -2.05. The summed E-state index contributed by atoms with van der Waals surface area (Å²) < 4.78 is 1.39. The Bertz CT molecular complexity index is 411. The Morgan fingerprint density at radius 3 is 2.62 bits per heavy atom. The first-order valence-electron chi connectivity index (χ1n) is 5.20. The van der Waals surface area contributed by atoms with Gasteiger partial charge < -0.3 is 14.8 Å². The topological polar surface area (TPSA) is 79.5 Å². The van der Waals surface area contributed by atoms with E-state index in [-0.39, 0.29) is 17.7 Å². The smallest absolute Gasteiger partial charge is 0.337 e. The van der Waals surface area contributed by atoms with Gasteiger partial charge in [0.2, 0.25) is 0 Å². The van der Waals surface area contributed by atoms with Crippen molar-refractivity contribution in [2.45, 2.75) is 25.8 Å². The molecule has 0 amide bonds. The first kappa shape index (κ1) is 12.4. The summed E-state index contributed by atoms with van der Waals surface area (Å²) in [5.74, 6) is -1.04. The fraction of sp³-hybridized carbons (Fsp3) is 0.455. The standard InChI is InChI=1S/C11H15NO4/c13-7-3-1-2-6-12-8-9(11(15)16)4-5-10(12)14/h4-5,8,13H,1-3,6-7H2,(H,15,16). The van der Waals surface area contributed by atoms with E-state index in [1.54, 1.807) is 0 Å². The number of aromatic nitrogens is 1. The summed E-state index contributed by atoms with van der Waals surface area (Å²) in [6.07, 6.45) is 3.63. The van der Waals surface area contributed by atoms with Gasteiger partial charge in [-0.05, 0) is 25.3 Å². The third-order valence-corrected chi connectivity index (χ3v) is 2.29. The van der Waals surface area contributed by atoms with Crippen molar-refractivity contribution in [3.63, 3.8) is 0 Å². The van der Waals surface area contributed by atoms with E-state index in [0.717, 1.165) is 12.8 Å². The average molecular weight is 225 g/mol. The number of carbonyl (C=O) groups is 1. The number of hydrogen-bond donors (Lipinski definition) is 2. The number of aryl methyl sites for hydroxylation is 1. The van der Waals surface area contributed by atoms with Gasteiger partial charge in [-0.2, -0.15) is 0 Å². The zero-order chi connectivity index (χ0) is 12.0. The first-order chi connectivity index (χ1) is 7.65. The molecular formula is C11H15NO4. The number of nitrogens with zero attached hydrogens (tertiary/aromatic N) is 1. The summed E-state index contributed by atoms with van der Waals surface area (Å²) in [6.45, 7) is 0.629. The van der Waals surface area contributed by atoms with Crippen LogP contribution in [0.15, 0.2) is 23.1 Å². The number of aliphatic hydroxyl groups excluding tert-OH is 1. The molecule has 0 saturated carbocycles. The molecule has 0 aliphatic carbocycles. The Balaban J connectivity index is 2.67. The number of aliphatic hydroxyl groups is 1. The minimum Gasteiger partial charge on any atom is -0.478 e. The fourth-order valence-corrected chi connectivity index (χ4v) is 1.40. The quantitative estimate of drug-likeness (QED) is 0.699. The Morgan fingerprint density at radius 2 is 2.00 bits per heavy atom. The lowest BCUT2D eigenvalue weighted by atomic mass is 10.2. The van der Waals surface area contributed by atoms with Crippen molar-refractivity contribution in [1.82, 2.24) is 4.57 Å². The fourth-order valence-electron chi connectivity index (χ4n) is 1.40. The maximum atomic E-state index is 11.4. The largest absolute Gasteiger partial charge is 0.478 e. The van der Waals surface area contributed by atoms with Gasteiger partial charge in [0.25, 0.3) is 5.56 Å². The Hall–Kier alpha value is -1.62. The van der Waals surface area contributed by atoms with E-state index in [9.17, 15) is 9.59 Å². The van der Waals surface area contributed by atoms with Crippen molar-refractivity contribution < 1.29 is 15.0 Å². The Kier molecular flexibility index (Phi) is 4.72. The molecule has 1 aromatic heterocycles. The van der Waals surface area contributed by atoms with Gasteiger partial charge in [-0.3, -0.25) is 4.79 Å². The number of unbranched alkanes of at least 4 members (excludes halogenated alkanes) is 2. The van der Waals surface area contributed by atoms with Crippen LogP contribution in [0.25, 0.3) is 0 Å². The molecule has 2 N–H and O–H groups in total. The van der Waals surface area contributed by atoms with E-state index in [4.69, 9.17) is 10.2 Å². The monoisotopic (exact) mass is 225 g/mol. The van der Waals surface area contributed by atoms with Gasteiger partial charge in [0, 0.05) is 25.4 Å². The van der Waals surface area contributed by atoms with Gasteiger partial charge in [-0.1, -0.05) is 0 Å². The molecular weight excluding hydrogens is 210 g/mol. The maximum Gasteiger partial charge on any atom is 0.337 e. The molecule has 0 saturated heterocycles. The van der Waals surface area contributed by atoms with Crippen LogP contribution in [-0.4, -0.2) is 27.4 Å². The summed E-state index contributed by atoms with van der Waals surface area (Å²) in [6, 6.07) is 2.56. The molecule has 5 heteroatoms. The third-order valence-electron chi connectivity index (χ3n) is 2.29. The molecule has 0 bridgehead atoms. The van der Waals surface area contributed by atoms with Crippen LogP contribution in [0, 0.1) is 0 Å². The Morgan fingerprint density at radius 1 is 1.25 bits per heavy atom. The predicted octanol–water partition coefficient (Wildman–Crippen LogP) is 0.709. The zero-order valence-corrected chi connectivity index (χ0v) is 8.93. The molecule has 0 radical (unpaired) electrons. The molecule has 1 rings (SSSR count). The predicted molar refractivity (Wildman–Crippen MR) is 58.6 cm³/mol. The molecule has 1 aromatic rings. The molecule has 0 atom stereocenters. The molecule has 0 aliphatic heterocycles. The highest BCUT2D eigenvalue weighted by molar-refractivity contribution is 5.87. The molecule has 0 aliphatic rings. The number of rotatable bonds is 6. The second-order valence-electron chi connectivity index (χ2n) is 3.54. The van der Waals surface area contributed by atoms with Crippen LogP contribution in [0.2, 0.25) is 0 Å². The highest BCUT2D eigenvalue weighted by Crippen LogP contribution is 2.00. The van der Waals surface area contributed by atoms with E-state index in [0.29, 0.717) is 13.0 Å². The molecule has 88 valence electrons. The van der Waals surface area contributed by atoms with E-state index < -0.39 is 5.97 Å². The van der Waals surface area contributed by atoms with Gasteiger partial charge in [-0.15, -0.1) is 0 Å². The molecule has 0 aromatic carbocycles. The van der Waals surface area contributed by atoms with Gasteiger partial charge in [0.1, 0.15) is 0 Å². The minimum absolute atomic E-state index is 0.113. The highest BCUT2D eigenvalue weighted by atomic mass is 16.4. The average Bonchev–Trinajstić information content (AvgIpc) is 2.26. The van der Waals surface area contributed by atoms with Gasteiger partial charge in [-0.25, -0.2) is 4.79 Å². The maximum absolute atomic E-state index is 11.4. The lowest BCUT2D eigenvalue weighted by Crippen LogP contribution is -2.20. The molecule has 5 nitrogen and oxygen atoms in total. The van der Waals surface area contributed by atoms with Crippen molar-refractivity contribution in [3.05, 3.63) is 34.2 Å². The normalized spacial score (nSPS) is 10.3. The van der Waals surface area contributed by atoms with E-state index in [2.05, 4.69) is 0 Å². The number of pyridine rings is 1. The van der Waals surface area contributed by atoms with Gasteiger partial charge in [0.15, 0.2) is 0 Å². The van der Waals surface area contributed by atoms with Crippen molar-refractivity contribution in [1.29, 1.82) is 0 Å². The number of carboxylic acids is 1. The summed E-state index contributed by atoms with van der Waals surface area (Å²) in [5.41, 5.74) is -0.0873. The van der Waals surface area contributed by atoms with Crippen LogP contribution in [0.5, 0.6) is 0 Å². The third kappa shape index (κ3) is 3.51. The van der Waals surface area contributed by atoms with E-state index >= 15 is 0 Å². The summed E-state index contributed by atoms with van der Waals surface area (Å²) >= 11 is 0. The van der Waals surface area contributed by atoms with E-state index in [1.807, 2.05) is 0 Å². The molecule has 0 spiro atoms. The van der Waals surface area contributed by atoms with Crippen LogP contribution in [-0.2, 0) is 6.54 Å². The molecule has 1 heterocycles. The summed E-state index contributed by atoms with van der Waals surface area (Å²) in [4.78, 5) is 22.1. The van der Waals surface area contributed by atoms with Gasteiger partial charge in [0.05, 0.1) is 5.56 Å². The SMILES string of the molecule is O=C(O)c1ccc(=O)n(CCCCCO)c1. The summed E-state index contributed by atoms with van der Waals surface area (Å²) in [5, 5.41) is 17.4. The van der Waals surface area contributed by atoms with Crippen LogP contribution in [0.1, 0.15) is 29.6 Å². The second-order valence-corrected chi connectivity index (χ2v) is 3.54. The van der Waals surface area contributed by atoms with Crippen LogP contribution < -0.4 is 5.56 Å². The van der Waals surface area contributed by atoms with Crippen molar-refractivity contribution in [2.75, 3.05) is 6.61 Å². The Labute approximate surface area is 93.0 Å². The lowest BCUT2D eigenvalue weighted by molar-refractivity contribution is 0.0696.